The van der Waals surface area contributed by atoms with Gasteiger partial charge in [-0.3, -0.25) is 4.40 Å². The monoisotopic (exact) mass is 334 g/mol. The zero-order chi connectivity index (χ0) is 13.5. The number of pyridine rings is 1. The summed E-state index contributed by atoms with van der Waals surface area (Å²) in [6, 6.07) is 1.94. The van der Waals surface area contributed by atoms with Crippen LogP contribution in [0.5, 0.6) is 5.88 Å². The van der Waals surface area contributed by atoms with Crippen molar-refractivity contribution in [1.29, 1.82) is 0 Å². The lowest BCUT2D eigenvalue weighted by Crippen LogP contribution is -2.45. The van der Waals surface area contributed by atoms with Gasteiger partial charge in [-0.2, -0.15) is 4.98 Å². The van der Waals surface area contributed by atoms with Crippen molar-refractivity contribution in [3.8, 4) is 5.88 Å². The third kappa shape index (κ3) is 1.92. The van der Waals surface area contributed by atoms with Crippen LogP contribution < -0.4 is 10.1 Å². The fourth-order valence-corrected chi connectivity index (χ4v) is 2.47. The molecule has 0 atom stereocenters. The van der Waals surface area contributed by atoms with Gasteiger partial charge in [0.1, 0.15) is 6.33 Å². The third-order valence-electron chi connectivity index (χ3n) is 3.34. The molecule has 0 amide bonds. The smallest absolute Gasteiger partial charge is 0.262 e. The molecule has 1 saturated heterocycles. The van der Waals surface area contributed by atoms with Crippen molar-refractivity contribution in [2.45, 2.75) is 0 Å². The molecule has 1 aliphatic heterocycles. The molecule has 0 aliphatic carbocycles. The van der Waals surface area contributed by atoms with E-state index in [9.17, 15) is 0 Å². The highest BCUT2D eigenvalue weighted by Gasteiger charge is 2.19. The molecule has 0 unspecified atom stereocenters. The normalized spacial score (nSPS) is 15.7. The SMILES string of the molecule is Brc1cnc2nc(OCC3CNC3)c3nncn3c2c1. The summed E-state index contributed by atoms with van der Waals surface area (Å²) in [5, 5.41) is 11.2. The molecule has 1 aliphatic rings. The Bertz CT molecular complexity index is 784. The second-order valence-corrected chi connectivity index (χ2v) is 5.69. The molecule has 1 N–H and O–H groups in total. The van der Waals surface area contributed by atoms with Crippen LogP contribution >= 0.6 is 15.9 Å². The maximum Gasteiger partial charge on any atom is 0.262 e. The van der Waals surface area contributed by atoms with Gasteiger partial charge < -0.3 is 10.1 Å². The van der Waals surface area contributed by atoms with Gasteiger partial charge in [0.25, 0.3) is 5.88 Å². The molecule has 0 aromatic carbocycles. The molecule has 4 rings (SSSR count). The summed E-state index contributed by atoms with van der Waals surface area (Å²) in [6.07, 6.45) is 3.36. The molecular weight excluding hydrogens is 324 g/mol. The highest BCUT2D eigenvalue weighted by molar-refractivity contribution is 9.10. The predicted molar refractivity (Wildman–Crippen MR) is 75.6 cm³/mol. The zero-order valence-electron chi connectivity index (χ0n) is 10.5. The topological polar surface area (TPSA) is 77.2 Å². The number of ether oxygens (including phenoxy) is 1. The van der Waals surface area contributed by atoms with Gasteiger partial charge in [0.05, 0.1) is 12.1 Å². The van der Waals surface area contributed by atoms with E-state index in [1.54, 1.807) is 12.5 Å². The van der Waals surface area contributed by atoms with Crippen molar-refractivity contribution >= 4 is 32.7 Å². The molecule has 0 radical (unpaired) electrons. The molecule has 7 nitrogen and oxygen atoms in total. The Hall–Kier alpha value is -1.80. The largest absolute Gasteiger partial charge is 0.475 e. The van der Waals surface area contributed by atoms with Crippen LogP contribution in [0, 0.1) is 5.92 Å². The second kappa shape index (κ2) is 4.64. The Kier molecular flexibility index (Phi) is 2.78. The van der Waals surface area contributed by atoms with Gasteiger partial charge in [0.15, 0.2) is 5.65 Å². The van der Waals surface area contributed by atoms with Gasteiger partial charge >= 0.3 is 0 Å². The molecule has 102 valence electrons. The number of hydrogen-bond donors (Lipinski definition) is 1. The molecule has 8 heteroatoms. The molecule has 0 bridgehead atoms. The van der Waals surface area contributed by atoms with Crippen LogP contribution in [0.25, 0.3) is 16.8 Å². The van der Waals surface area contributed by atoms with E-state index in [1.165, 1.54) is 0 Å². The van der Waals surface area contributed by atoms with Crippen LogP contribution in [0.4, 0.5) is 0 Å². The van der Waals surface area contributed by atoms with Crippen molar-refractivity contribution in [3.05, 3.63) is 23.1 Å². The summed E-state index contributed by atoms with van der Waals surface area (Å²) in [6.45, 7) is 2.61. The maximum atomic E-state index is 5.79. The molecule has 1 fully saturated rings. The molecule has 20 heavy (non-hydrogen) atoms. The van der Waals surface area contributed by atoms with Crippen LogP contribution in [0.2, 0.25) is 0 Å². The van der Waals surface area contributed by atoms with Crippen molar-refractivity contribution in [2.24, 2.45) is 5.92 Å². The van der Waals surface area contributed by atoms with E-state index < -0.39 is 0 Å². The lowest BCUT2D eigenvalue weighted by atomic mass is 10.1. The van der Waals surface area contributed by atoms with Crippen LogP contribution in [-0.2, 0) is 0 Å². The summed E-state index contributed by atoms with van der Waals surface area (Å²) in [4.78, 5) is 8.75. The summed E-state index contributed by atoms with van der Waals surface area (Å²) in [7, 11) is 0. The number of hydrogen-bond acceptors (Lipinski definition) is 6. The Morgan fingerprint density at radius 2 is 2.35 bits per heavy atom. The summed E-state index contributed by atoms with van der Waals surface area (Å²) in [5.41, 5.74) is 2.07. The number of nitrogens with zero attached hydrogens (tertiary/aromatic N) is 5. The standard InChI is InChI=1S/C12H11BrN6O/c13-8-1-9-10(15-4-8)17-12(11-18-16-6-19(9)11)20-5-7-2-14-3-7/h1,4,6-7,14H,2-3,5H2. The summed E-state index contributed by atoms with van der Waals surface area (Å²) >= 11 is 3.41. The van der Waals surface area contributed by atoms with E-state index in [1.807, 2.05) is 10.5 Å². The number of nitrogens with one attached hydrogen (secondary N) is 1. The first-order valence-electron chi connectivity index (χ1n) is 6.30. The molecule has 0 spiro atoms. The van der Waals surface area contributed by atoms with E-state index >= 15 is 0 Å². The van der Waals surface area contributed by atoms with Gasteiger partial charge in [-0.15, -0.1) is 10.2 Å². The Labute approximate surface area is 122 Å². The molecule has 4 heterocycles. The van der Waals surface area contributed by atoms with E-state index in [0.717, 1.165) is 23.1 Å². The molecular formula is C12H11BrN6O. The average Bonchev–Trinajstić information content (AvgIpc) is 2.87. The van der Waals surface area contributed by atoms with Crippen molar-refractivity contribution in [1.82, 2.24) is 29.9 Å². The average molecular weight is 335 g/mol. The lowest BCUT2D eigenvalue weighted by Gasteiger charge is -2.26. The number of halogens is 1. The number of aromatic nitrogens is 5. The number of fused-ring (bicyclic) bond motifs is 3. The van der Waals surface area contributed by atoms with Gasteiger partial charge in [0.2, 0.25) is 5.65 Å². The predicted octanol–water partition coefficient (Wildman–Crippen LogP) is 1.03. The van der Waals surface area contributed by atoms with Gasteiger partial charge in [-0.05, 0) is 22.0 Å². The van der Waals surface area contributed by atoms with Gasteiger partial charge in [-0.25, -0.2) is 4.98 Å². The quantitative estimate of drug-likeness (QED) is 0.771. The highest BCUT2D eigenvalue weighted by Crippen LogP contribution is 2.23. The lowest BCUT2D eigenvalue weighted by molar-refractivity contribution is 0.195. The second-order valence-electron chi connectivity index (χ2n) is 4.77. The minimum atomic E-state index is 0.483. The first-order valence-corrected chi connectivity index (χ1v) is 7.09. The summed E-state index contributed by atoms with van der Waals surface area (Å²) < 4.78 is 8.52. The first kappa shape index (κ1) is 12.0. The number of rotatable bonds is 3. The van der Waals surface area contributed by atoms with Crippen LogP contribution in [0.1, 0.15) is 0 Å². The minimum absolute atomic E-state index is 0.483. The van der Waals surface area contributed by atoms with E-state index in [0.29, 0.717) is 29.7 Å². The van der Waals surface area contributed by atoms with Crippen LogP contribution in [0.15, 0.2) is 23.1 Å². The Morgan fingerprint density at radius 1 is 1.45 bits per heavy atom. The van der Waals surface area contributed by atoms with Crippen LogP contribution in [-0.4, -0.2) is 44.3 Å². The minimum Gasteiger partial charge on any atom is -0.475 e. The van der Waals surface area contributed by atoms with Gasteiger partial charge in [-0.1, -0.05) is 0 Å². The maximum absolute atomic E-state index is 5.79. The van der Waals surface area contributed by atoms with Crippen molar-refractivity contribution < 1.29 is 4.74 Å². The first-order chi connectivity index (χ1) is 9.81. The van der Waals surface area contributed by atoms with Crippen LogP contribution in [0.3, 0.4) is 0 Å². The van der Waals surface area contributed by atoms with E-state index in [2.05, 4.69) is 41.4 Å². The summed E-state index contributed by atoms with van der Waals surface area (Å²) in [5.74, 6) is 1.02. The zero-order valence-corrected chi connectivity index (χ0v) is 12.0. The van der Waals surface area contributed by atoms with Crippen molar-refractivity contribution in [2.75, 3.05) is 19.7 Å². The molecule has 3 aromatic rings. The molecule has 3 aromatic heterocycles. The van der Waals surface area contributed by atoms with Crippen molar-refractivity contribution in [3.63, 3.8) is 0 Å². The fraction of sp³-hybridized carbons (Fsp3) is 0.333. The Morgan fingerprint density at radius 3 is 3.15 bits per heavy atom. The third-order valence-corrected chi connectivity index (χ3v) is 3.78. The van der Waals surface area contributed by atoms with E-state index in [-0.39, 0.29) is 0 Å². The Balaban J connectivity index is 1.81. The van der Waals surface area contributed by atoms with E-state index in [4.69, 9.17) is 4.74 Å². The fourth-order valence-electron chi connectivity index (χ4n) is 2.15. The highest BCUT2D eigenvalue weighted by atomic mass is 79.9. The molecule has 0 saturated carbocycles. The van der Waals surface area contributed by atoms with Gasteiger partial charge in [0, 0.05) is 29.7 Å².